The lowest BCUT2D eigenvalue weighted by Gasteiger charge is -1.99. The summed E-state index contributed by atoms with van der Waals surface area (Å²) in [6.07, 6.45) is 0. The average molecular weight is 210 g/mol. The first-order chi connectivity index (χ1) is 7.68. The van der Waals surface area contributed by atoms with E-state index in [9.17, 15) is 4.79 Å². The van der Waals surface area contributed by atoms with E-state index in [-0.39, 0.29) is 5.43 Å². The van der Waals surface area contributed by atoms with Crippen molar-refractivity contribution in [1.29, 1.82) is 0 Å². The van der Waals surface area contributed by atoms with E-state index in [2.05, 4.69) is 0 Å². The predicted octanol–water partition coefficient (Wildman–Crippen LogP) is 3.33. The van der Waals surface area contributed by atoms with E-state index in [0.29, 0.717) is 0 Å². The fraction of sp³-hybridized carbons (Fsp3) is 0.133. The van der Waals surface area contributed by atoms with Gasteiger partial charge in [-0.3, -0.25) is 4.79 Å². The lowest BCUT2D eigenvalue weighted by molar-refractivity contribution is 1.42. The van der Waals surface area contributed by atoms with Crippen molar-refractivity contribution in [2.24, 2.45) is 0 Å². The van der Waals surface area contributed by atoms with Crippen molar-refractivity contribution in [2.45, 2.75) is 13.8 Å². The van der Waals surface area contributed by atoms with Gasteiger partial charge in [0.25, 0.3) is 0 Å². The molecule has 0 saturated carbocycles. The molecule has 80 valence electrons. The van der Waals surface area contributed by atoms with Gasteiger partial charge in [-0.25, -0.2) is 0 Å². The molecular formula is C15H14O. The molecule has 0 unspecified atom stereocenters. The number of hydrogen-bond acceptors (Lipinski definition) is 1. The van der Waals surface area contributed by atoms with Crippen LogP contribution in [0.1, 0.15) is 11.1 Å². The van der Waals surface area contributed by atoms with Gasteiger partial charge in [-0.2, -0.15) is 0 Å². The molecule has 1 heteroatoms. The van der Waals surface area contributed by atoms with E-state index in [1.165, 1.54) is 5.56 Å². The second-order valence-corrected chi connectivity index (χ2v) is 4.01. The molecule has 0 aliphatic heterocycles. The molecular weight excluding hydrogens is 196 g/mol. The summed E-state index contributed by atoms with van der Waals surface area (Å²) >= 11 is 0. The molecule has 2 aromatic rings. The van der Waals surface area contributed by atoms with E-state index in [1.807, 2.05) is 62.4 Å². The summed E-state index contributed by atoms with van der Waals surface area (Å²) < 4.78 is 0. The van der Waals surface area contributed by atoms with Crippen molar-refractivity contribution in [3.8, 4) is 11.1 Å². The highest BCUT2D eigenvalue weighted by molar-refractivity contribution is 5.63. The van der Waals surface area contributed by atoms with Crippen molar-refractivity contribution in [1.82, 2.24) is 0 Å². The van der Waals surface area contributed by atoms with E-state index < -0.39 is 0 Å². The molecule has 0 N–H and O–H groups in total. The second kappa shape index (κ2) is 4.31. The molecule has 0 radical (unpaired) electrons. The fourth-order valence-corrected chi connectivity index (χ4v) is 1.68. The Morgan fingerprint density at radius 2 is 1.44 bits per heavy atom. The average Bonchev–Trinajstić information content (AvgIpc) is 2.44. The van der Waals surface area contributed by atoms with Crippen LogP contribution in [0.2, 0.25) is 0 Å². The maximum absolute atomic E-state index is 12.1. The lowest BCUT2D eigenvalue weighted by atomic mass is 10.0. The Hall–Kier alpha value is -1.89. The molecule has 2 rings (SSSR count). The summed E-state index contributed by atoms with van der Waals surface area (Å²) in [5, 5.41) is 0. The van der Waals surface area contributed by atoms with Gasteiger partial charge < -0.3 is 0 Å². The highest BCUT2D eigenvalue weighted by Crippen LogP contribution is 2.15. The molecule has 0 saturated heterocycles. The first kappa shape index (κ1) is 10.6. The van der Waals surface area contributed by atoms with Crippen LogP contribution in [-0.4, -0.2) is 0 Å². The molecule has 0 spiro atoms. The summed E-state index contributed by atoms with van der Waals surface area (Å²) in [6.45, 7) is 3.89. The topological polar surface area (TPSA) is 17.1 Å². The van der Waals surface area contributed by atoms with E-state index in [1.54, 1.807) is 0 Å². The Morgan fingerprint density at radius 1 is 0.812 bits per heavy atom. The number of hydrogen-bond donors (Lipinski definition) is 0. The fourth-order valence-electron chi connectivity index (χ4n) is 1.68. The molecule has 0 bridgehead atoms. The summed E-state index contributed by atoms with van der Waals surface area (Å²) in [7, 11) is 0. The van der Waals surface area contributed by atoms with E-state index >= 15 is 0 Å². The maximum atomic E-state index is 12.1. The Labute approximate surface area is 95.4 Å². The molecule has 2 aromatic carbocycles. The third kappa shape index (κ3) is 2.03. The van der Waals surface area contributed by atoms with Gasteiger partial charge in [-0.15, -0.1) is 0 Å². The van der Waals surface area contributed by atoms with E-state index in [4.69, 9.17) is 0 Å². The third-order valence-corrected chi connectivity index (χ3v) is 2.69. The van der Waals surface area contributed by atoms with Crippen LogP contribution in [0.5, 0.6) is 0 Å². The van der Waals surface area contributed by atoms with Crippen LogP contribution in [0.25, 0.3) is 11.1 Å². The zero-order valence-electron chi connectivity index (χ0n) is 9.53. The Kier molecular flexibility index (Phi) is 2.86. The number of aryl methyl sites for hydroxylation is 2. The van der Waals surface area contributed by atoms with Crippen molar-refractivity contribution in [3.63, 3.8) is 0 Å². The van der Waals surface area contributed by atoms with Crippen LogP contribution in [-0.2, 0) is 0 Å². The normalized spacial score (nSPS) is 10.1. The lowest BCUT2D eigenvalue weighted by Crippen LogP contribution is -2.04. The summed E-state index contributed by atoms with van der Waals surface area (Å²) in [5.41, 5.74) is 3.83. The highest BCUT2D eigenvalue weighted by Gasteiger charge is 2.02. The van der Waals surface area contributed by atoms with Crippen LogP contribution in [0, 0.1) is 13.8 Å². The molecule has 0 atom stereocenters. The van der Waals surface area contributed by atoms with Gasteiger partial charge >= 0.3 is 0 Å². The summed E-state index contributed by atoms with van der Waals surface area (Å²) in [6, 6.07) is 15.6. The second-order valence-electron chi connectivity index (χ2n) is 4.01. The molecule has 1 nitrogen and oxygen atoms in total. The molecule has 0 amide bonds. The molecule has 16 heavy (non-hydrogen) atoms. The first-order valence-corrected chi connectivity index (χ1v) is 5.35. The molecule has 0 heterocycles. The molecule has 0 aromatic heterocycles. The Balaban J connectivity index is 2.66. The zero-order chi connectivity index (χ0) is 11.5. The Bertz CT molecular complexity index is 553. The van der Waals surface area contributed by atoms with Gasteiger partial charge in [-0.05, 0) is 25.0 Å². The predicted molar refractivity (Wildman–Crippen MR) is 67.6 cm³/mol. The van der Waals surface area contributed by atoms with Crippen LogP contribution >= 0.6 is 0 Å². The number of rotatable bonds is 1. The van der Waals surface area contributed by atoms with E-state index in [0.717, 1.165) is 16.7 Å². The Morgan fingerprint density at radius 3 is 2.12 bits per heavy atom. The van der Waals surface area contributed by atoms with Gasteiger partial charge in [0.15, 0.2) is 5.43 Å². The first-order valence-electron chi connectivity index (χ1n) is 5.35. The summed E-state index contributed by atoms with van der Waals surface area (Å²) in [4.78, 5) is 12.1. The third-order valence-electron chi connectivity index (χ3n) is 2.69. The van der Waals surface area contributed by atoms with Crippen LogP contribution in [0.15, 0.2) is 53.3 Å². The van der Waals surface area contributed by atoms with Crippen molar-refractivity contribution < 1.29 is 0 Å². The number of benzene rings is 1. The monoisotopic (exact) mass is 210 g/mol. The molecule has 0 aliphatic carbocycles. The van der Waals surface area contributed by atoms with Gasteiger partial charge in [0.05, 0.1) is 0 Å². The quantitative estimate of drug-likeness (QED) is 0.705. The maximum Gasteiger partial charge on any atom is 0.189 e. The van der Waals surface area contributed by atoms with Crippen LogP contribution < -0.4 is 5.43 Å². The van der Waals surface area contributed by atoms with Crippen molar-refractivity contribution >= 4 is 0 Å². The SMILES string of the molecule is Cc1ccc(-c2ccccc(C)c2=O)cc1. The van der Waals surface area contributed by atoms with Gasteiger partial charge in [-0.1, -0.05) is 54.1 Å². The van der Waals surface area contributed by atoms with Crippen molar-refractivity contribution in [3.05, 3.63) is 69.9 Å². The van der Waals surface area contributed by atoms with Gasteiger partial charge in [0.2, 0.25) is 0 Å². The smallest absolute Gasteiger partial charge is 0.189 e. The molecule has 0 fully saturated rings. The van der Waals surface area contributed by atoms with Gasteiger partial charge in [0, 0.05) is 5.56 Å². The molecule has 0 aliphatic rings. The minimum Gasteiger partial charge on any atom is -0.289 e. The zero-order valence-corrected chi connectivity index (χ0v) is 9.53. The largest absolute Gasteiger partial charge is 0.289 e. The minimum atomic E-state index is 0.105. The minimum absolute atomic E-state index is 0.105. The van der Waals surface area contributed by atoms with Crippen LogP contribution in [0.4, 0.5) is 0 Å². The standard InChI is InChI=1S/C15H14O/c1-11-7-9-13(10-8-11)14-6-4-3-5-12(2)15(14)16/h3-10H,1-2H3. The summed E-state index contributed by atoms with van der Waals surface area (Å²) in [5.74, 6) is 0. The van der Waals surface area contributed by atoms with Crippen molar-refractivity contribution in [2.75, 3.05) is 0 Å². The highest BCUT2D eigenvalue weighted by atomic mass is 16.1. The van der Waals surface area contributed by atoms with Crippen LogP contribution in [0.3, 0.4) is 0 Å². The van der Waals surface area contributed by atoms with Gasteiger partial charge in [0.1, 0.15) is 0 Å².